The number of hydrogen-bond donors (Lipinski definition) is 8. The predicted octanol–water partition coefficient (Wildman–Crippen LogP) is 2.75. The van der Waals surface area contributed by atoms with Gasteiger partial charge in [-0.2, -0.15) is 0 Å². The summed E-state index contributed by atoms with van der Waals surface area (Å²) >= 11 is 0. The molecule has 4 rings (SSSR count). The number of nitrogens with one attached hydrogen (secondary N) is 5. The van der Waals surface area contributed by atoms with Crippen molar-refractivity contribution in [2.24, 2.45) is 23.1 Å². The van der Waals surface area contributed by atoms with Crippen molar-refractivity contribution in [3.05, 3.63) is 83.4 Å². The summed E-state index contributed by atoms with van der Waals surface area (Å²) in [5.41, 5.74) is 18.9. The van der Waals surface area contributed by atoms with Gasteiger partial charge in [0.05, 0.1) is 5.92 Å². The van der Waals surface area contributed by atoms with Crippen LogP contribution in [0.5, 0.6) is 0 Å². The molecule has 0 aliphatic heterocycles. The van der Waals surface area contributed by atoms with Crippen LogP contribution in [0.25, 0.3) is 10.8 Å². The number of fused-ring (bicyclic) bond motifs is 1. The predicted molar refractivity (Wildman–Crippen MR) is 177 cm³/mol. The summed E-state index contributed by atoms with van der Waals surface area (Å²) in [5, 5.41) is 25.7. The van der Waals surface area contributed by atoms with Crippen LogP contribution in [0.1, 0.15) is 67.6 Å². The van der Waals surface area contributed by atoms with Gasteiger partial charge in [-0.1, -0.05) is 86.0 Å². The number of nitrogens with two attached hydrogens (primary N) is 3. The topological polar surface area (TPSA) is 213 Å². The summed E-state index contributed by atoms with van der Waals surface area (Å²) in [6, 6.07) is 19.4. The van der Waals surface area contributed by atoms with Crippen LogP contribution in [-0.4, -0.2) is 48.1 Å². The van der Waals surface area contributed by atoms with Gasteiger partial charge in [-0.3, -0.25) is 25.2 Å². The van der Waals surface area contributed by atoms with Crippen molar-refractivity contribution in [3.8, 4) is 0 Å². The first kappa shape index (κ1) is 33.0. The number of primary amides is 1. The van der Waals surface area contributed by atoms with Crippen molar-refractivity contribution < 1.29 is 14.4 Å². The maximum atomic E-state index is 14.2. The average Bonchev–Trinajstić information content (AvgIpc) is 3.03. The van der Waals surface area contributed by atoms with E-state index in [0.29, 0.717) is 24.9 Å². The monoisotopic (exact) mass is 612 g/mol. The molecule has 3 atom stereocenters. The maximum Gasteiger partial charge on any atom is 0.243 e. The number of amidine groups is 1. The lowest BCUT2D eigenvalue weighted by Crippen LogP contribution is -2.56. The number of guanidine groups is 1. The number of carbonyl (C=O) groups excluding carboxylic acids is 3. The van der Waals surface area contributed by atoms with Gasteiger partial charge in [0.1, 0.15) is 17.9 Å². The molecule has 45 heavy (non-hydrogen) atoms. The van der Waals surface area contributed by atoms with E-state index >= 15 is 0 Å². The van der Waals surface area contributed by atoms with Crippen molar-refractivity contribution >= 4 is 40.3 Å². The molecule has 0 heterocycles. The zero-order valence-electron chi connectivity index (χ0n) is 25.5. The van der Waals surface area contributed by atoms with Crippen LogP contribution in [0.15, 0.2) is 66.7 Å². The first-order valence-electron chi connectivity index (χ1n) is 15.5. The van der Waals surface area contributed by atoms with Crippen molar-refractivity contribution in [1.82, 2.24) is 16.0 Å². The number of nitrogen functional groups attached to an aromatic ring is 1. The van der Waals surface area contributed by atoms with E-state index in [-0.39, 0.29) is 30.0 Å². The van der Waals surface area contributed by atoms with Crippen LogP contribution >= 0.6 is 0 Å². The summed E-state index contributed by atoms with van der Waals surface area (Å²) in [6.45, 7) is 0.360. The summed E-state index contributed by atoms with van der Waals surface area (Å²) in [7, 11) is 0. The van der Waals surface area contributed by atoms with Crippen LogP contribution in [-0.2, 0) is 20.8 Å². The molecule has 11 N–H and O–H groups in total. The SMILES string of the molecule is N=C(N)NCCCC(NC(=O)[C@@H](NC(=O)[C@@H](Cc1ccc(C(=N)N)cc1)c1ccc2ccccc2c1)C1CCCCC1)C(N)=O. The maximum absolute atomic E-state index is 14.2. The quantitative estimate of drug-likeness (QED) is 0.0778. The molecule has 3 aromatic carbocycles. The van der Waals surface area contributed by atoms with Gasteiger partial charge in [0.15, 0.2) is 5.96 Å². The van der Waals surface area contributed by atoms with Gasteiger partial charge in [-0.25, -0.2) is 0 Å². The van der Waals surface area contributed by atoms with Crippen LogP contribution in [0.3, 0.4) is 0 Å². The molecule has 1 unspecified atom stereocenters. The lowest BCUT2D eigenvalue weighted by molar-refractivity contribution is -0.133. The van der Waals surface area contributed by atoms with Crippen LogP contribution in [0.4, 0.5) is 0 Å². The number of amides is 3. The Morgan fingerprint density at radius 1 is 0.822 bits per heavy atom. The Bertz CT molecular complexity index is 1520. The van der Waals surface area contributed by atoms with Crippen LogP contribution in [0, 0.1) is 16.7 Å². The van der Waals surface area contributed by atoms with E-state index in [1.165, 1.54) is 0 Å². The molecule has 0 saturated heterocycles. The highest BCUT2D eigenvalue weighted by atomic mass is 16.2. The van der Waals surface area contributed by atoms with E-state index in [4.69, 9.17) is 28.0 Å². The minimum absolute atomic E-state index is 0.0314. The summed E-state index contributed by atoms with van der Waals surface area (Å²) < 4.78 is 0. The second-order valence-corrected chi connectivity index (χ2v) is 11.8. The minimum Gasteiger partial charge on any atom is -0.384 e. The molecular formula is C34H44N8O3. The number of rotatable bonds is 14. The Hall–Kier alpha value is -4.93. The van der Waals surface area contributed by atoms with Crippen molar-refractivity contribution in [3.63, 3.8) is 0 Å². The third-order valence-corrected chi connectivity index (χ3v) is 8.54. The van der Waals surface area contributed by atoms with Gasteiger partial charge < -0.3 is 33.2 Å². The Morgan fingerprint density at radius 3 is 2.16 bits per heavy atom. The Labute approximate surface area is 263 Å². The highest BCUT2D eigenvalue weighted by Gasteiger charge is 2.35. The fourth-order valence-corrected chi connectivity index (χ4v) is 6.04. The third-order valence-electron chi connectivity index (χ3n) is 8.54. The van der Waals surface area contributed by atoms with E-state index in [1.807, 2.05) is 54.6 Å². The van der Waals surface area contributed by atoms with Crippen molar-refractivity contribution in [1.29, 1.82) is 10.8 Å². The number of hydrogen-bond acceptors (Lipinski definition) is 5. The normalized spacial score (nSPS) is 15.4. The third kappa shape index (κ3) is 9.28. The zero-order valence-corrected chi connectivity index (χ0v) is 25.5. The standard InChI is InChI=1S/C34H44N8O3/c35-30(36)24-14-12-21(13-15-24)19-27(26-17-16-22-7-4-5-10-25(22)20-26)32(44)42-29(23-8-2-1-3-9-23)33(45)41-28(31(37)43)11-6-18-40-34(38)39/h4-5,7,10,12-17,20,23,27-29H,1-3,6,8-9,11,18-19H2,(H3,35,36)(H2,37,43)(H,41,45)(H,42,44)(H4,38,39,40)/t27-,28?,29-/m0/s1. The summed E-state index contributed by atoms with van der Waals surface area (Å²) in [6.07, 6.45) is 5.65. The zero-order chi connectivity index (χ0) is 32.3. The average molecular weight is 613 g/mol. The minimum atomic E-state index is -0.926. The van der Waals surface area contributed by atoms with Gasteiger partial charge in [0, 0.05) is 12.1 Å². The molecular weight excluding hydrogens is 568 g/mol. The second kappa shape index (κ2) is 15.7. The Balaban J connectivity index is 1.60. The van der Waals surface area contributed by atoms with Crippen molar-refractivity contribution in [2.75, 3.05) is 6.54 Å². The van der Waals surface area contributed by atoms with Gasteiger partial charge >= 0.3 is 0 Å². The lowest BCUT2D eigenvalue weighted by atomic mass is 9.82. The Morgan fingerprint density at radius 2 is 1.51 bits per heavy atom. The van der Waals surface area contributed by atoms with Crippen LogP contribution < -0.4 is 33.2 Å². The summed E-state index contributed by atoms with van der Waals surface area (Å²) in [4.78, 5) is 40.3. The lowest BCUT2D eigenvalue weighted by Gasteiger charge is -2.32. The van der Waals surface area contributed by atoms with E-state index in [2.05, 4.69) is 16.0 Å². The largest absolute Gasteiger partial charge is 0.384 e. The van der Waals surface area contributed by atoms with Crippen molar-refractivity contribution in [2.45, 2.75) is 69.4 Å². The van der Waals surface area contributed by atoms with E-state index < -0.39 is 29.8 Å². The molecule has 1 saturated carbocycles. The highest BCUT2D eigenvalue weighted by molar-refractivity contribution is 5.95. The Kier molecular flexibility index (Phi) is 11.5. The first-order chi connectivity index (χ1) is 21.6. The molecule has 1 aliphatic carbocycles. The fourth-order valence-electron chi connectivity index (χ4n) is 6.04. The number of benzene rings is 3. The molecule has 0 aromatic heterocycles. The van der Waals surface area contributed by atoms with E-state index in [1.54, 1.807) is 12.1 Å². The van der Waals surface area contributed by atoms with E-state index in [0.717, 1.165) is 54.0 Å². The molecule has 1 fully saturated rings. The molecule has 3 aromatic rings. The number of carbonyl (C=O) groups is 3. The van der Waals surface area contributed by atoms with E-state index in [9.17, 15) is 14.4 Å². The van der Waals surface area contributed by atoms with Gasteiger partial charge in [0.2, 0.25) is 17.7 Å². The van der Waals surface area contributed by atoms with Gasteiger partial charge in [-0.15, -0.1) is 0 Å². The second-order valence-electron chi connectivity index (χ2n) is 11.8. The molecule has 0 radical (unpaired) electrons. The molecule has 0 bridgehead atoms. The first-order valence-corrected chi connectivity index (χ1v) is 15.5. The molecule has 1 aliphatic rings. The van der Waals surface area contributed by atoms with Gasteiger partial charge in [-0.05, 0) is 59.9 Å². The van der Waals surface area contributed by atoms with Crippen LogP contribution in [0.2, 0.25) is 0 Å². The fraction of sp³-hybridized carbons (Fsp3) is 0.382. The molecule has 238 valence electrons. The molecule has 3 amide bonds. The van der Waals surface area contributed by atoms with Gasteiger partial charge in [0.25, 0.3) is 0 Å². The smallest absolute Gasteiger partial charge is 0.243 e. The molecule has 11 nitrogen and oxygen atoms in total. The summed E-state index contributed by atoms with van der Waals surface area (Å²) in [5.74, 6) is -2.27. The molecule has 0 spiro atoms. The molecule has 11 heteroatoms. The highest BCUT2D eigenvalue weighted by Crippen LogP contribution is 2.29.